The van der Waals surface area contributed by atoms with Gasteiger partial charge in [0.15, 0.2) is 5.95 Å². The van der Waals surface area contributed by atoms with Gasteiger partial charge in [0.25, 0.3) is 0 Å². The van der Waals surface area contributed by atoms with E-state index >= 15 is 0 Å². The number of imidazole rings is 1. The molecule has 0 fully saturated rings. The van der Waals surface area contributed by atoms with Crippen LogP contribution in [0.1, 0.15) is 5.76 Å². The molecule has 3 aromatic rings. The molecule has 0 spiro atoms. The molecular weight excluding hydrogens is 333 g/mol. The van der Waals surface area contributed by atoms with Crippen molar-refractivity contribution in [1.29, 1.82) is 0 Å². The number of rotatable bonds is 4. The van der Waals surface area contributed by atoms with Crippen molar-refractivity contribution in [2.75, 3.05) is 24.3 Å². The first kappa shape index (κ1) is 14.9. The summed E-state index contributed by atoms with van der Waals surface area (Å²) < 4.78 is 5.26. The number of aromatic amines is 1. The molecule has 0 aliphatic heterocycles. The molecule has 0 unspecified atom stereocenters. The topological polar surface area (TPSA) is 82.9 Å². The van der Waals surface area contributed by atoms with Crippen molar-refractivity contribution in [1.82, 2.24) is 19.9 Å². The molecule has 0 aliphatic carbocycles. The van der Waals surface area contributed by atoms with Crippen LogP contribution < -0.4 is 10.2 Å². The molecule has 0 aromatic carbocycles. The summed E-state index contributed by atoms with van der Waals surface area (Å²) in [6.07, 6.45) is 4.23. The normalized spacial score (nSPS) is 10.3. The Labute approximate surface area is 141 Å². The van der Waals surface area contributed by atoms with Gasteiger partial charge in [0, 0.05) is 64.5 Å². The van der Waals surface area contributed by atoms with Gasteiger partial charge in [-0.2, -0.15) is 0 Å². The molecule has 1 radical (unpaired) electrons. The molecule has 0 amide bonds. The SMILES string of the molecule is CN(C)c1nc2n[c-]nc(NCc3ccco3)c2[nH]1.[Y]. The Morgan fingerprint density at radius 2 is 2.25 bits per heavy atom. The summed E-state index contributed by atoms with van der Waals surface area (Å²) in [5.74, 6) is 2.21. The molecule has 101 valence electrons. The second-order valence-corrected chi connectivity index (χ2v) is 4.26. The fraction of sp³-hybridized carbons (Fsp3) is 0.250. The average Bonchev–Trinajstić information content (AvgIpc) is 3.05. The molecule has 3 aromatic heterocycles. The first-order valence-electron chi connectivity index (χ1n) is 5.81. The Balaban J connectivity index is 0.00000147. The van der Waals surface area contributed by atoms with Crippen LogP contribution in [0.25, 0.3) is 11.2 Å². The van der Waals surface area contributed by atoms with Crippen LogP contribution in [0.5, 0.6) is 0 Å². The van der Waals surface area contributed by atoms with Crippen LogP contribution in [-0.2, 0) is 39.3 Å². The molecule has 0 aliphatic rings. The van der Waals surface area contributed by atoms with E-state index in [2.05, 4.69) is 31.6 Å². The van der Waals surface area contributed by atoms with E-state index in [1.807, 2.05) is 31.1 Å². The fourth-order valence-corrected chi connectivity index (χ4v) is 1.70. The van der Waals surface area contributed by atoms with E-state index in [1.54, 1.807) is 6.26 Å². The molecule has 3 heterocycles. The summed E-state index contributed by atoms with van der Waals surface area (Å²) in [7, 11) is 3.82. The Bertz CT molecular complexity index is 678. The largest absolute Gasteiger partial charge is 0.468 e. The van der Waals surface area contributed by atoms with E-state index < -0.39 is 0 Å². The van der Waals surface area contributed by atoms with E-state index in [1.165, 1.54) is 0 Å². The van der Waals surface area contributed by atoms with Crippen molar-refractivity contribution in [3.05, 3.63) is 30.5 Å². The van der Waals surface area contributed by atoms with Gasteiger partial charge in [0.2, 0.25) is 0 Å². The van der Waals surface area contributed by atoms with Gasteiger partial charge in [-0.15, -0.1) is 0 Å². The minimum Gasteiger partial charge on any atom is -0.468 e. The van der Waals surface area contributed by atoms with Crippen LogP contribution in [-0.4, -0.2) is 34.0 Å². The maximum Gasteiger partial charge on any atom is 0.190 e. The molecule has 3 rings (SSSR count). The van der Waals surface area contributed by atoms with Gasteiger partial charge in [-0.1, -0.05) is 0 Å². The van der Waals surface area contributed by atoms with Crippen molar-refractivity contribution >= 4 is 22.9 Å². The molecule has 7 nitrogen and oxygen atoms in total. The number of hydrogen-bond acceptors (Lipinski definition) is 6. The van der Waals surface area contributed by atoms with Gasteiger partial charge in [0.05, 0.1) is 18.5 Å². The monoisotopic (exact) mass is 346 g/mol. The van der Waals surface area contributed by atoms with Crippen LogP contribution in [0.3, 0.4) is 0 Å². The number of fused-ring (bicyclic) bond motifs is 1. The van der Waals surface area contributed by atoms with Crippen LogP contribution in [0.2, 0.25) is 0 Å². The summed E-state index contributed by atoms with van der Waals surface area (Å²) in [6.45, 7) is 0.545. The van der Waals surface area contributed by atoms with Crippen molar-refractivity contribution in [2.24, 2.45) is 0 Å². The molecule has 8 heteroatoms. The fourth-order valence-electron chi connectivity index (χ4n) is 1.70. The first-order chi connectivity index (χ1) is 9.24. The quantitative estimate of drug-likeness (QED) is 0.696. The zero-order valence-corrected chi connectivity index (χ0v) is 14.1. The number of nitrogens with zero attached hydrogens (tertiary/aromatic N) is 4. The van der Waals surface area contributed by atoms with E-state index in [0.717, 1.165) is 17.2 Å². The minimum atomic E-state index is 0. The van der Waals surface area contributed by atoms with E-state index in [-0.39, 0.29) is 32.7 Å². The van der Waals surface area contributed by atoms with Gasteiger partial charge in [-0.25, -0.2) is 0 Å². The standard InChI is InChI=1S/C12H13N6O.Y/c1-18(2)12-16-9-10(14-7-15-11(9)17-12)13-6-8-4-3-5-19-8;/h3-5H,6H2,1-2H3,(H2,13,14,15,16,17);/q-1;. The van der Waals surface area contributed by atoms with Gasteiger partial charge >= 0.3 is 0 Å². The van der Waals surface area contributed by atoms with Gasteiger partial charge in [-0.3, -0.25) is 4.98 Å². The second-order valence-electron chi connectivity index (χ2n) is 4.26. The molecule has 0 saturated carbocycles. The maximum absolute atomic E-state index is 5.26. The van der Waals surface area contributed by atoms with E-state index in [9.17, 15) is 0 Å². The van der Waals surface area contributed by atoms with Crippen molar-refractivity contribution in [2.45, 2.75) is 6.54 Å². The maximum atomic E-state index is 5.26. The first-order valence-corrected chi connectivity index (χ1v) is 5.81. The number of anilines is 2. The van der Waals surface area contributed by atoms with Gasteiger partial charge in [0.1, 0.15) is 5.76 Å². The third kappa shape index (κ3) is 2.99. The van der Waals surface area contributed by atoms with Crippen LogP contribution in [0.15, 0.2) is 22.8 Å². The summed E-state index contributed by atoms with van der Waals surface area (Å²) in [6, 6.07) is 3.74. The molecular formula is C12H13N6OY-. The molecule has 0 atom stereocenters. The predicted octanol–water partition coefficient (Wildman–Crippen LogP) is 1.42. The predicted molar refractivity (Wildman–Crippen MR) is 70.9 cm³/mol. The third-order valence-electron chi connectivity index (χ3n) is 2.66. The van der Waals surface area contributed by atoms with E-state index in [4.69, 9.17) is 4.42 Å². The summed E-state index contributed by atoms with van der Waals surface area (Å²) >= 11 is 0. The Kier molecular flexibility index (Phi) is 4.72. The minimum absolute atomic E-state index is 0. The average molecular weight is 346 g/mol. The summed E-state index contributed by atoms with van der Waals surface area (Å²) in [4.78, 5) is 17.5. The Morgan fingerprint density at radius 1 is 1.40 bits per heavy atom. The number of nitrogens with one attached hydrogen (secondary N) is 2. The van der Waals surface area contributed by atoms with Crippen molar-refractivity contribution in [3.63, 3.8) is 0 Å². The zero-order valence-electron chi connectivity index (χ0n) is 11.2. The van der Waals surface area contributed by atoms with Crippen LogP contribution >= 0.6 is 0 Å². The van der Waals surface area contributed by atoms with Crippen molar-refractivity contribution < 1.29 is 37.1 Å². The summed E-state index contributed by atoms with van der Waals surface area (Å²) in [5.41, 5.74) is 1.34. The summed E-state index contributed by atoms with van der Waals surface area (Å²) in [5, 5.41) is 3.18. The van der Waals surface area contributed by atoms with E-state index in [0.29, 0.717) is 18.0 Å². The van der Waals surface area contributed by atoms with Gasteiger partial charge < -0.3 is 29.6 Å². The Hall–Kier alpha value is -1.47. The van der Waals surface area contributed by atoms with Crippen molar-refractivity contribution in [3.8, 4) is 0 Å². The van der Waals surface area contributed by atoms with Crippen LogP contribution in [0, 0.1) is 6.33 Å². The smallest absolute Gasteiger partial charge is 0.190 e. The molecule has 0 bridgehead atoms. The number of furan rings is 1. The Morgan fingerprint density at radius 3 is 2.95 bits per heavy atom. The van der Waals surface area contributed by atoms with Gasteiger partial charge in [-0.05, 0) is 12.1 Å². The molecule has 2 N–H and O–H groups in total. The number of aromatic nitrogens is 4. The molecule has 0 saturated heterocycles. The van der Waals surface area contributed by atoms with Crippen LogP contribution in [0.4, 0.5) is 11.8 Å². The third-order valence-corrected chi connectivity index (χ3v) is 2.66. The zero-order chi connectivity index (χ0) is 13.2. The number of H-pyrrole nitrogens is 1. The second kappa shape index (κ2) is 6.32. The molecule has 20 heavy (non-hydrogen) atoms. The number of hydrogen-bond donors (Lipinski definition) is 2.